The fourth-order valence-corrected chi connectivity index (χ4v) is 1.59. The van der Waals surface area contributed by atoms with Crippen LogP contribution < -0.4 is 10.6 Å². The van der Waals surface area contributed by atoms with Gasteiger partial charge in [0.15, 0.2) is 0 Å². The highest BCUT2D eigenvalue weighted by Gasteiger charge is 2.12. The second kappa shape index (κ2) is 6.08. The van der Waals surface area contributed by atoms with Gasteiger partial charge in [-0.2, -0.15) is 0 Å². The Morgan fingerprint density at radius 3 is 2.56 bits per heavy atom. The summed E-state index contributed by atoms with van der Waals surface area (Å²) < 4.78 is 0. The molecule has 1 aromatic heterocycles. The van der Waals surface area contributed by atoms with Gasteiger partial charge in [0.05, 0.1) is 0 Å². The highest BCUT2D eigenvalue weighted by Crippen LogP contribution is 2.22. The van der Waals surface area contributed by atoms with E-state index in [4.69, 9.17) is 5.73 Å². The van der Waals surface area contributed by atoms with Gasteiger partial charge in [-0.1, -0.05) is 18.2 Å². The summed E-state index contributed by atoms with van der Waals surface area (Å²) in [5.41, 5.74) is 6.97. The van der Waals surface area contributed by atoms with Gasteiger partial charge in [-0.3, -0.25) is 0 Å². The van der Waals surface area contributed by atoms with Crippen molar-refractivity contribution in [3.63, 3.8) is 0 Å². The second-order valence-corrected chi connectivity index (χ2v) is 3.69. The Hall–Kier alpha value is -1.61. The van der Waals surface area contributed by atoms with Crippen LogP contribution in [0.2, 0.25) is 0 Å². The van der Waals surface area contributed by atoms with Gasteiger partial charge >= 0.3 is 0 Å². The molecule has 0 spiro atoms. The van der Waals surface area contributed by atoms with Crippen LogP contribution in [0.5, 0.6) is 0 Å². The Kier molecular flexibility index (Phi) is 4.73. The van der Waals surface area contributed by atoms with Crippen molar-refractivity contribution in [3.05, 3.63) is 49.2 Å². The van der Waals surface area contributed by atoms with Crippen LogP contribution in [0.3, 0.4) is 0 Å². The summed E-state index contributed by atoms with van der Waals surface area (Å²) in [7, 11) is 0. The first-order chi connectivity index (χ1) is 7.70. The molecule has 0 radical (unpaired) electrons. The van der Waals surface area contributed by atoms with Crippen LogP contribution in [0.15, 0.2) is 43.6 Å². The minimum absolute atomic E-state index is 0.0270. The lowest BCUT2D eigenvalue weighted by atomic mass is 10.1. The molecule has 1 rings (SSSR count). The van der Waals surface area contributed by atoms with Gasteiger partial charge in [-0.15, -0.1) is 13.2 Å². The summed E-state index contributed by atoms with van der Waals surface area (Å²) in [6.07, 6.45) is 5.48. The normalized spacial score (nSPS) is 11.9. The molecular formula is C13H19N3. The van der Waals surface area contributed by atoms with E-state index in [1.54, 1.807) is 6.20 Å². The topological polar surface area (TPSA) is 42.2 Å². The summed E-state index contributed by atoms with van der Waals surface area (Å²) in [6.45, 7) is 10.9. The smallest absolute Gasteiger partial charge is 0.133 e. The van der Waals surface area contributed by atoms with Crippen LogP contribution in [-0.2, 0) is 0 Å². The molecule has 0 amide bonds. The highest BCUT2D eigenvalue weighted by atomic mass is 15.2. The van der Waals surface area contributed by atoms with Gasteiger partial charge < -0.3 is 10.6 Å². The Morgan fingerprint density at radius 1 is 1.44 bits per heavy atom. The van der Waals surface area contributed by atoms with Crippen molar-refractivity contribution >= 4 is 5.82 Å². The van der Waals surface area contributed by atoms with Crippen molar-refractivity contribution in [3.8, 4) is 0 Å². The van der Waals surface area contributed by atoms with Crippen LogP contribution in [0.25, 0.3) is 0 Å². The molecular weight excluding hydrogens is 198 g/mol. The minimum atomic E-state index is -0.0270. The van der Waals surface area contributed by atoms with Crippen molar-refractivity contribution in [2.24, 2.45) is 5.73 Å². The molecule has 0 saturated carbocycles. The Labute approximate surface area is 97.3 Å². The molecule has 0 aliphatic heterocycles. The molecule has 0 unspecified atom stereocenters. The molecule has 1 aromatic rings. The van der Waals surface area contributed by atoms with E-state index >= 15 is 0 Å². The number of hydrogen-bond acceptors (Lipinski definition) is 3. The van der Waals surface area contributed by atoms with Crippen molar-refractivity contribution in [2.75, 3.05) is 18.0 Å². The molecule has 2 N–H and O–H groups in total. The van der Waals surface area contributed by atoms with Crippen molar-refractivity contribution in [1.29, 1.82) is 0 Å². The molecule has 0 aromatic carbocycles. The fourth-order valence-electron chi connectivity index (χ4n) is 1.59. The van der Waals surface area contributed by atoms with Gasteiger partial charge in [-0.25, -0.2) is 4.98 Å². The number of nitrogens with zero attached hydrogens (tertiary/aromatic N) is 2. The van der Waals surface area contributed by atoms with E-state index in [2.05, 4.69) is 23.0 Å². The van der Waals surface area contributed by atoms with Crippen LogP contribution in [0, 0.1) is 0 Å². The van der Waals surface area contributed by atoms with E-state index in [1.165, 1.54) is 0 Å². The summed E-state index contributed by atoms with van der Waals surface area (Å²) in [5.74, 6) is 0.914. The summed E-state index contributed by atoms with van der Waals surface area (Å²) in [6, 6.07) is 3.88. The number of anilines is 1. The lowest BCUT2D eigenvalue weighted by molar-refractivity contribution is 0.792. The molecule has 1 heterocycles. The summed E-state index contributed by atoms with van der Waals surface area (Å²) >= 11 is 0. The molecule has 0 fully saturated rings. The molecule has 16 heavy (non-hydrogen) atoms. The lowest BCUT2D eigenvalue weighted by Crippen LogP contribution is -2.26. The first-order valence-electron chi connectivity index (χ1n) is 5.38. The predicted molar refractivity (Wildman–Crippen MR) is 69.4 cm³/mol. The largest absolute Gasteiger partial charge is 0.349 e. The van der Waals surface area contributed by atoms with Gasteiger partial charge in [0, 0.05) is 30.9 Å². The Bertz CT molecular complexity index is 348. The number of hydrogen-bond donors (Lipinski definition) is 1. The summed E-state index contributed by atoms with van der Waals surface area (Å²) in [4.78, 5) is 6.48. The number of rotatable bonds is 6. The number of pyridine rings is 1. The third-order valence-corrected chi connectivity index (χ3v) is 2.31. The zero-order chi connectivity index (χ0) is 12.0. The molecule has 0 bridgehead atoms. The molecule has 0 saturated heterocycles. The van der Waals surface area contributed by atoms with Gasteiger partial charge in [0.25, 0.3) is 0 Å². The zero-order valence-corrected chi connectivity index (χ0v) is 9.76. The van der Waals surface area contributed by atoms with Crippen LogP contribution in [0.1, 0.15) is 18.5 Å². The van der Waals surface area contributed by atoms with E-state index in [0.29, 0.717) is 0 Å². The number of aromatic nitrogens is 1. The first-order valence-corrected chi connectivity index (χ1v) is 5.38. The average molecular weight is 217 g/mol. The molecule has 0 aliphatic carbocycles. The van der Waals surface area contributed by atoms with Crippen molar-refractivity contribution in [1.82, 2.24) is 4.98 Å². The van der Waals surface area contributed by atoms with E-state index in [9.17, 15) is 0 Å². The maximum absolute atomic E-state index is 5.93. The first kappa shape index (κ1) is 12.5. The third kappa shape index (κ3) is 2.94. The van der Waals surface area contributed by atoms with E-state index in [1.807, 2.05) is 31.2 Å². The maximum Gasteiger partial charge on any atom is 0.133 e. The molecule has 0 aliphatic rings. The van der Waals surface area contributed by atoms with Gasteiger partial charge in [0.2, 0.25) is 0 Å². The van der Waals surface area contributed by atoms with Crippen molar-refractivity contribution in [2.45, 2.75) is 13.0 Å². The van der Waals surface area contributed by atoms with Gasteiger partial charge in [-0.05, 0) is 13.0 Å². The van der Waals surface area contributed by atoms with E-state index in [0.717, 1.165) is 24.5 Å². The summed E-state index contributed by atoms with van der Waals surface area (Å²) in [5, 5.41) is 0. The highest BCUT2D eigenvalue weighted by molar-refractivity contribution is 5.49. The number of nitrogens with two attached hydrogens (primary N) is 1. The zero-order valence-electron chi connectivity index (χ0n) is 9.76. The minimum Gasteiger partial charge on any atom is -0.349 e. The van der Waals surface area contributed by atoms with Crippen LogP contribution in [-0.4, -0.2) is 18.1 Å². The van der Waals surface area contributed by atoms with Crippen LogP contribution >= 0.6 is 0 Å². The molecule has 3 nitrogen and oxygen atoms in total. The quantitative estimate of drug-likeness (QED) is 0.743. The standard InChI is InChI=1S/C13H19N3/c1-4-9-16(10-5-2)13-12(11(3)14)7-6-8-15-13/h4-8,11H,1-2,9-10,14H2,3H3/t11-/m1/s1. The van der Waals surface area contributed by atoms with E-state index < -0.39 is 0 Å². The van der Waals surface area contributed by atoms with Crippen LogP contribution in [0.4, 0.5) is 5.82 Å². The van der Waals surface area contributed by atoms with Gasteiger partial charge in [0.1, 0.15) is 5.82 Å². The van der Waals surface area contributed by atoms with Crippen molar-refractivity contribution < 1.29 is 0 Å². The average Bonchev–Trinajstić information content (AvgIpc) is 2.29. The molecule has 3 heteroatoms. The predicted octanol–water partition coefficient (Wildman–Crippen LogP) is 2.28. The Morgan fingerprint density at radius 2 is 2.06 bits per heavy atom. The maximum atomic E-state index is 5.93. The second-order valence-electron chi connectivity index (χ2n) is 3.69. The van der Waals surface area contributed by atoms with E-state index in [-0.39, 0.29) is 6.04 Å². The Balaban J connectivity index is 3.06. The fraction of sp³-hybridized carbons (Fsp3) is 0.308. The molecule has 86 valence electrons. The monoisotopic (exact) mass is 217 g/mol. The SMILES string of the molecule is C=CCN(CC=C)c1ncccc1[C@@H](C)N. The lowest BCUT2D eigenvalue weighted by Gasteiger charge is -2.24. The third-order valence-electron chi connectivity index (χ3n) is 2.31. The molecule has 1 atom stereocenters.